The van der Waals surface area contributed by atoms with Crippen molar-refractivity contribution in [2.45, 2.75) is 19.8 Å². The molecule has 1 aliphatic rings. The second-order valence-corrected chi connectivity index (χ2v) is 5.19. The molecule has 1 heterocycles. The van der Waals surface area contributed by atoms with Gasteiger partial charge in [-0.25, -0.2) is 9.44 Å². The molecule has 0 bridgehead atoms. The van der Waals surface area contributed by atoms with Crippen LogP contribution in [0.2, 0.25) is 0 Å². The summed E-state index contributed by atoms with van der Waals surface area (Å²) in [6.07, 6.45) is 1.86. The maximum Gasteiger partial charge on any atom is 0.276 e. The van der Waals surface area contributed by atoms with Crippen LogP contribution in [0.1, 0.15) is 19.8 Å². The topological polar surface area (TPSA) is 70.2 Å². The summed E-state index contributed by atoms with van der Waals surface area (Å²) in [5, 5.41) is 3.20. The fourth-order valence-corrected chi connectivity index (χ4v) is 2.43. The Bertz CT molecular complexity index is 247. The molecule has 0 aromatic rings. The Kier molecular flexibility index (Phi) is 4.80. The third kappa shape index (κ3) is 4.36. The second kappa shape index (κ2) is 5.65. The molecule has 1 aliphatic heterocycles. The van der Waals surface area contributed by atoms with E-state index in [4.69, 9.17) is 0 Å². The van der Waals surface area contributed by atoms with Crippen molar-refractivity contribution in [1.29, 1.82) is 0 Å². The minimum Gasteiger partial charge on any atom is -0.316 e. The molecule has 1 rings (SSSR count). The molecule has 84 valence electrons. The molecule has 0 saturated carbocycles. The van der Waals surface area contributed by atoms with Gasteiger partial charge in [-0.3, -0.25) is 0 Å². The van der Waals surface area contributed by atoms with E-state index in [1.54, 1.807) is 0 Å². The van der Waals surface area contributed by atoms with Crippen LogP contribution in [-0.4, -0.2) is 34.6 Å². The molecule has 1 fully saturated rings. The summed E-state index contributed by atoms with van der Waals surface area (Å²) < 4.78 is 27.6. The van der Waals surface area contributed by atoms with E-state index in [-0.39, 0.29) is 0 Å². The van der Waals surface area contributed by atoms with Crippen LogP contribution >= 0.6 is 0 Å². The third-order valence-corrected chi connectivity index (χ3v) is 3.40. The molecular weight excluding hydrogens is 202 g/mol. The van der Waals surface area contributed by atoms with Crippen molar-refractivity contribution < 1.29 is 8.42 Å². The van der Waals surface area contributed by atoms with Crippen LogP contribution < -0.4 is 14.8 Å². The van der Waals surface area contributed by atoms with Gasteiger partial charge < -0.3 is 5.32 Å². The predicted molar refractivity (Wildman–Crippen MR) is 56.2 cm³/mol. The molecule has 5 nitrogen and oxygen atoms in total. The molecule has 0 aromatic heterocycles. The summed E-state index contributed by atoms with van der Waals surface area (Å²) in [4.78, 5) is 0. The average molecular weight is 221 g/mol. The van der Waals surface area contributed by atoms with Crippen molar-refractivity contribution in [3.63, 3.8) is 0 Å². The molecule has 14 heavy (non-hydrogen) atoms. The van der Waals surface area contributed by atoms with Crippen molar-refractivity contribution >= 4 is 10.2 Å². The summed E-state index contributed by atoms with van der Waals surface area (Å²) in [5.74, 6) is 0.438. The Hall–Kier alpha value is -0.170. The number of hydrogen-bond donors (Lipinski definition) is 3. The largest absolute Gasteiger partial charge is 0.316 e. The van der Waals surface area contributed by atoms with Gasteiger partial charge in [0.15, 0.2) is 0 Å². The van der Waals surface area contributed by atoms with Gasteiger partial charge in [-0.05, 0) is 31.8 Å². The van der Waals surface area contributed by atoms with Gasteiger partial charge in [-0.15, -0.1) is 0 Å². The van der Waals surface area contributed by atoms with E-state index in [2.05, 4.69) is 14.8 Å². The molecule has 0 radical (unpaired) electrons. The van der Waals surface area contributed by atoms with Gasteiger partial charge in [-0.1, -0.05) is 6.92 Å². The maximum atomic E-state index is 11.3. The van der Waals surface area contributed by atoms with Gasteiger partial charge in [0.1, 0.15) is 0 Å². The SMILES string of the molecule is CCCNS(=O)(=O)NCC1CCNC1. The van der Waals surface area contributed by atoms with E-state index < -0.39 is 10.2 Å². The average Bonchev–Trinajstić information content (AvgIpc) is 2.64. The van der Waals surface area contributed by atoms with Crippen LogP contribution in [-0.2, 0) is 10.2 Å². The molecule has 0 aliphatic carbocycles. The third-order valence-electron chi connectivity index (χ3n) is 2.27. The predicted octanol–water partition coefficient (Wildman–Crippen LogP) is -0.570. The zero-order chi connectivity index (χ0) is 10.4. The monoisotopic (exact) mass is 221 g/mol. The standard InChI is InChI=1S/C8H19N3O2S/c1-2-4-10-14(12,13)11-7-8-3-5-9-6-8/h8-11H,2-7H2,1H3. The zero-order valence-electron chi connectivity index (χ0n) is 8.54. The van der Waals surface area contributed by atoms with E-state index in [9.17, 15) is 8.42 Å². The van der Waals surface area contributed by atoms with Gasteiger partial charge in [0.05, 0.1) is 0 Å². The molecule has 1 saturated heterocycles. The molecule has 0 aromatic carbocycles. The molecule has 1 atom stereocenters. The van der Waals surface area contributed by atoms with E-state index in [0.29, 0.717) is 19.0 Å². The van der Waals surface area contributed by atoms with E-state index in [1.807, 2.05) is 6.92 Å². The van der Waals surface area contributed by atoms with Crippen molar-refractivity contribution in [3.8, 4) is 0 Å². The summed E-state index contributed by atoms with van der Waals surface area (Å²) >= 11 is 0. The van der Waals surface area contributed by atoms with Gasteiger partial charge in [0.2, 0.25) is 0 Å². The normalized spacial score (nSPS) is 22.8. The Labute approximate surface area is 85.8 Å². The molecular formula is C8H19N3O2S. The summed E-state index contributed by atoms with van der Waals surface area (Å²) in [6, 6.07) is 0. The van der Waals surface area contributed by atoms with Crippen molar-refractivity contribution in [2.24, 2.45) is 5.92 Å². The molecule has 6 heteroatoms. The summed E-state index contributed by atoms with van der Waals surface area (Å²) in [6.45, 7) is 4.87. The molecule has 1 unspecified atom stereocenters. The number of hydrogen-bond acceptors (Lipinski definition) is 3. The second-order valence-electron chi connectivity index (χ2n) is 3.61. The van der Waals surface area contributed by atoms with Crippen LogP contribution in [0.3, 0.4) is 0 Å². The maximum absolute atomic E-state index is 11.3. The summed E-state index contributed by atoms with van der Waals surface area (Å²) in [5.41, 5.74) is 0. The van der Waals surface area contributed by atoms with Crippen LogP contribution in [0.15, 0.2) is 0 Å². The molecule has 3 N–H and O–H groups in total. The Morgan fingerprint density at radius 3 is 2.79 bits per heavy atom. The Morgan fingerprint density at radius 1 is 1.43 bits per heavy atom. The fraction of sp³-hybridized carbons (Fsp3) is 1.00. The van der Waals surface area contributed by atoms with E-state index >= 15 is 0 Å². The first-order valence-corrected chi connectivity index (χ1v) is 6.57. The molecule has 0 spiro atoms. The minimum atomic E-state index is -3.26. The first-order valence-electron chi connectivity index (χ1n) is 5.09. The zero-order valence-corrected chi connectivity index (χ0v) is 9.36. The van der Waals surface area contributed by atoms with E-state index in [1.165, 1.54) is 0 Å². The lowest BCUT2D eigenvalue weighted by atomic mass is 10.1. The van der Waals surface area contributed by atoms with Crippen molar-refractivity contribution in [2.75, 3.05) is 26.2 Å². The smallest absolute Gasteiger partial charge is 0.276 e. The first-order chi connectivity index (χ1) is 6.64. The van der Waals surface area contributed by atoms with Crippen molar-refractivity contribution in [3.05, 3.63) is 0 Å². The Morgan fingerprint density at radius 2 is 2.21 bits per heavy atom. The van der Waals surface area contributed by atoms with Crippen LogP contribution in [0.5, 0.6) is 0 Å². The summed E-state index contributed by atoms with van der Waals surface area (Å²) in [7, 11) is -3.26. The van der Waals surface area contributed by atoms with Gasteiger partial charge in [0, 0.05) is 13.1 Å². The van der Waals surface area contributed by atoms with E-state index in [0.717, 1.165) is 25.9 Å². The highest BCUT2D eigenvalue weighted by Crippen LogP contribution is 2.05. The number of nitrogens with one attached hydrogen (secondary N) is 3. The van der Waals surface area contributed by atoms with Crippen LogP contribution in [0.25, 0.3) is 0 Å². The quantitative estimate of drug-likeness (QED) is 0.562. The highest BCUT2D eigenvalue weighted by atomic mass is 32.2. The highest BCUT2D eigenvalue weighted by molar-refractivity contribution is 7.87. The van der Waals surface area contributed by atoms with Crippen LogP contribution in [0.4, 0.5) is 0 Å². The van der Waals surface area contributed by atoms with Crippen molar-refractivity contribution in [1.82, 2.24) is 14.8 Å². The highest BCUT2D eigenvalue weighted by Gasteiger charge is 2.17. The van der Waals surface area contributed by atoms with Gasteiger partial charge in [0.25, 0.3) is 10.2 Å². The number of rotatable bonds is 6. The van der Waals surface area contributed by atoms with Gasteiger partial charge in [-0.2, -0.15) is 8.42 Å². The van der Waals surface area contributed by atoms with Gasteiger partial charge >= 0.3 is 0 Å². The lowest BCUT2D eigenvalue weighted by Crippen LogP contribution is -2.39. The minimum absolute atomic E-state index is 0.438. The first kappa shape index (κ1) is 11.9. The van der Waals surface area contributed by atoms with Crippen LogP contribution in [0, 0.1) is 5.92 Å². The fourth-order valence-electron chi connectivity index (χ4n) is 1.40. The lowest BCUT2D eigenvalue weighted by Gasteiger charge is -2.10. The Balaban J connectivity index is 2.21. The lowest BCUT2D eigenvalue weighted by molar-refractivity contribution is 0.529. The molecule has 0 amide bonds.